The third-order valence-electron chi connectivity index (χ3n) is 2.91. The van der Waals surface area contributed by atoms with E-state index in [1.54, 1.807) is 0 Å². The van der Waals surface area contributed by atoms with Gasteiger partial charge in [-0.15, -0.1) is 0 Å². The molecule has 21 heavy (non-hydrogen) atoms. The van der Waals surface area contributed by atoms with E-state index in [-0.39, 0.29) is 13.1 Å². The normalized spacial score (nSPS) is 12.9. The maximum atomic E-state index is 13.0. The Morgan fingerprint density at radius 3 is 2.33 bits per heavy atom. The van der Waals surface area contributed by atoms with Crippen molar-refractivity contribution in [3.05, 3.63) is 29.8 Å². The summed E-state index contributed by atoms with van der Waals surface area (Å²) in [6.45, 7) is 2.23. The number of halogens is 4. The van der Waals surface area contributed by atoms with Gasteiger partial charge in [-0.3, -0.25) is 0 Å². The van der Waals surface area contributed by atoms with Crippen LogP contribution in [0.2, 0.25) is 0 Å². The Bertz CT molecular complexity index is 561. The number of rotatable bonds is 7. The molecule has 0 N–H and O–H groups in total. The van der Waals surface area contributed by atoms with Crippen molar-refractivity contribution in [3.63, 3.8) is 0 Å². The van der Waals surface area contributed by atoms with Gasteiger partial charge in [-0.2, -0.15) is 17.5 Å². The molecule has 1 rings (SSSR count). The molecule has 0 saturated carbocycles. The molecule has 0 bridgehead atoms. The summed E-state index contributed by atoms with van der Waals surface area (Å²) in [5.41, 5.74) is -1.12. The molecule has 0 aliphatic carbocycles. The van der Waals surface area contributed by atoms with Crippen LogP contribution in [0.5, 0.6) is 0 Å². The predicted octanol–water partition coefficient (Wildman–Crippen LogP) is 3.89. The number of unbranched alkanes of at least 4 members (excludes halogenated alkanes) is 1. The van der Waals surface area contributed by atoms with Crippen molar-refractivity contribution < 1.29 is 21.6 Å². The highest BCUT2D eigenvalue weighted by atomic mass is 79.9. The molecule has 120 valence electrons. The predicted molar refractivity (Wildman–Crippen MR) is 78.9 cm³/mol. The van der Waals surface area contributed by atoms with Gasteiger partial charge < -0.3 is 0 Å². The Labute approximate surface area is 131 Å². The molecule has 3 nitrogen and oxygen atoms in total. The number of nitrogens with zero attached hydrogens (tertiary/aromatic N) is 1. The Balaban J connectivity index is 3.28. The number of hydrogen-bond acceptors (Lipinski definition) is 2. The lowest BCUT2D eigenvalue weighted by atomic mass is 10.2. The highest BCUT2D eigenvalue weighted by Gasteiger charge is 2.38. The van der Waals surface area contributed by atoms with Crippen LogP contribution in [0.15, 0.2) is 29.2 Å². The van der Waals surface area contributed by atoms with E-state index in [1.165, 1.54) is 12.1 Å². The summed E-state index contributed by atoms with van der Waals surface area (Å²) in [5.74, 6) is 0. The Hall–Kier alpha value is -0.600. The van der Waals surface area contributed by atoms with Crippen molar-refractivity contribution in [2.24, 2.45) is 0 Å². The smallest absolute Gasteiger partial charge is 0.207 e. The van der Waals surface area contributed by atoms with Crippen molar-refractivity contribution in [3.8, 4) is 0 Å². The first-order chi connectivity index (χ1) is 9.75. The van der Waals surface area contributed by atoms with Gasteiger partial charge in [0.05, 0.1) is 10.5 Å². The van der Waals surface area contributed by atoms with Gasteiger partial charge in [0.25, 0.3) is 0 Å². The lowest BCUT2D eigenvalue weighted by Crippen LogP contribution is -2.34. The van der Waals surface area contributed by atoms with Gasteiger partial charge in [0.2, 0.25) is 10.0 Å². The van der Waals surface area contributed by atoms with E-state index in [9.17, 15) is 21.6 Å². The van der Waals surface area contributed by atoms with Crippen LogP contribution < -0.4 is 0 Å². The molecule has 0 radical (unpaired) electrons. The number of benzene rings is 1. The van der Waals surface area contributed by atoms with Crippen LogP contribution in [-0.4, -0.2) is 31.1 Å². The Kier molecular flexibility index (Phi) is 6.68. The molecule has 0 aliphatic rings. The summed E-state index contributed by atoms with van der Waals surface area (Å²) < 4.78 is 65.1. The first-order valence-electron chi connectivity index (χ1n) is 6.47. The lowest BCUT2D eigenvalue weighted by molar-refractivity contribution is -0.139. The van der Waals surface area contributed by atoms with Gasteiger partial charge in [0, 0.05) is 18.4 Å². The lowest BCUT2D eigenvalue weighted by Gasteiger charge is -2.23. The fourth-order valence-electron chi connectivity index (χ4n) is 1.85. The van der Waals surface area contributed by atoms with Crippen LogP contribution >= 0.6 is 15.9 Å². The standard InChI is InChI=1S/C13H17BrF3NO2S/c1-2-3-9-18(10-8-14)21(19,20)12-7-5-4-6-11(12)13(15,16)17/h4-7H,2-3,8-10H2,1H3. The SMILES string of the molecule is CCCCN(CCBr)S(=O)(=O)c1ccccc1C(F)(F)F. The molecule has 0 spiro atoms. The number of alkyl halides is 4. The highest BCUT2D eigenvalue weighted by molar-refractivity contribution is 9.09. The molecule has 1 aromatic carbocycles. The minimum absolute atomic E-state index is 0.133. The molecular weight excluding hydrogens is 371 g/mol. The van der Waals surface area contributed by atoms with Crippen LogP contribution in [-0.2, 0) is 16.2 Å². The number of sulfonamides is 1. The summed E-state index contributed by atoms with van der Waals surface area (Å²) in [6.07, 6.45) is -3.34. The molecule has 0 aromatic heterocycles. The van der Waals surface area contributed by atoms with E-state index < -0.39 is 26.7 Å². The summed E-state index contributed by atoms with van der Waals surface area (Å²) in [4.78, 5) is -0.686. The summed E-state index contributed by atoms with van der Waals surface area (Å²) in [5, 5.41) is 0.365. The minimum atomic E-state index is -4.70. The first-order valence-corrected chi connectivity index (χ1v) is 9.03. The monoisotopic (exact) mass is 387 g/mol. The van der Waals surface area contributed by atoms with Gasteiger partial charge in [-0.25, -0.2) is 8.42 Å². The topological polar surface area (TPSA) is 37.4 Å². The fourth-order valence-corrected chi connectivity index (χ4v) is 4.20. The van der Waals surface area contributed by atoms with Gasteiger partial charge in [0.1, 0.15) is 0 Å². The zero-order chi connectivity index (χ0) is 16.1. The Morgan fingerprint density at radius 1 is 1.19 bits per heavy atom. The molecule has 0 unspecified atom stereocenters. The van der Waals surface area contributed by atoms with E-state index in [4.69, 9.17) is 0 Å². The molecule has 8 heteroatoms. The highest BCUT2D eigenvalue weighted by Crippen LogP contribution is 2.35. The second kappa shape index (κ2) is 7.60. The van der Waals surface area contributed by atoms with Crippen LogP contribution in [0, 0.1) is 0 Å². The van der Waals surface area contributed by atoms with E-state index in [2.05, 4.69) is 15.9 Å². The van der Waals surface area contributed by atoms with E-state index >= 15 is 0 Å². The third-order valence-corrected chi connectivity index (χ3v) is 5.22. The largest absolute Gasteiger partial charge is 0.417 e. The van der Waals surface area contributed by atoms with Gasteiger partial charge in [0.15, 0.2) is 0 Å². The van der Waals surface area contributed by atoms with Crippen molar-refractivity contribution in [1.82, 2.24) is 4.31 Å². The Morgan fingerprint density at radius 2 is 1.81 bits per heavy atom. The van der Waals surface area contributed by atoms with Crippen LogP contribution in [0.1, 0.15) is 25.3 Å². The van der Waals surface area contributed by atoms with E-state index in [1.807, 2.05) is 6.92 Å². The van der Waals surface area contributed by atoms with Crippen molar-refractivity contribution in [2.45, 2.75) is 30.8 Å². The van der Waals surface area contributed by atoms with Crippen LogP contribution in [0.4, 0.5) is 13.2 Å². The maximum absolute atomic E-state index is 13.0. The average Bonchev–Trinajstić information content (AvgIpc) is 2.42. The van der Waals surface area contributed by atoms with Crippen LogP contribution in [0.25, 0.3) is 0 Å². The molecule has 0 saturated heterocycles. The van der Waals surface area contributed by atoms with Crippen molar-refractivity contribution in [1.29, 1.82) is 0 Å². The molecular formula is C13H17BrF3NO2S. The number of hydrogen-bond donors (Lipinski definition) is 0. The molecule has 0 fully saturated rings. The quantitative estimate of drug-likeness (QED) is 0.665. The zero-order valence-electron chi connectivity index (χ0n) is 11.5. The summed E-state index contributed by atoms with van der Waals surface area (Å²) >= 11 is 3.14. The van der Waals surface area contributed by atoms with Crippen molar-refractivity contribution >= 4 is 26.0 Å². The molecule has 0 atom stereocenters. The maximum Gasteiger partial charge on any atom is 0.417 e. The second-order valence-electron chi connectivity index (χ2n) is 4.44. The zero-order valence-corrected chi connectivity index (χ0v) is 13.9. The van der Waals surface area contributed by atoms with E-state index in [0.29, 0.717) is 11.8 Å². The molecule has 0 heterocycles. The minimum Gasteiger partial charge on any atom is -0.207 e. The van der Waals surface area contributed by atoms with Crippen molar-refractivity contribution in [2.75, 3.05) is 18.4 Å². The molecule has 0 amide bonds. The molecule has 0 aliphatic heterocycles. The van der Waals surface area contributed by atoms with Gasteiger partial charge in [-0.05, 0) is 18.6 Å². The van der Waals surface area contributed by atoms with Gasteiger partial charge >= 0.3 is 6.18 Å². The average molecular weight is 388 g/mol. The fraction of sp³-hybridized carbons (Fsp3) is 0.538. The van der Waals surface area contributed by atoms with Crippen LogP contribution in [0.3, 0.4) is 0 Å². The summed E-state index contributed by atoms with van der Waals surface area (Å²) in [6, 6.07) is 4.28. The van der Waals surface area contributed by atoms with E-state index in [0.717, 1.165) is 22.9 Å². The van der Waals surface area contributed by atoms with Gasteiger partial charge in [-0.1, -0.05) is 41.4 Å². The summed E-state index contributed by atoms with van der Waals surface area (Å²) in [7, 11) is -4.17. The molecule has 1 aromatic rings. The first kappa shape index (κ1) is 18.4. The third kappa shape index (κ3) is 4.69. The second-order valence-corrected chi connectivity index (χ2v) is 7.14.